The van der Waals surface area contributed by atoms with Crippen molar-refractivity contribution in [2.75, 3.05) is 19.1 Å². The van der Waals surface area contributed by atoms with Crippen molar-refractivity contribution in [3.05, 3.63) is 74.8 Å². The first-order chi connectivity index (χ1) is 14.9. The molecule has 0 radical (unpaired) electrons. The Kier molecular flexibility index (Phi) is 6.57. The Labute approximate surface area is 182 Å². The molecule has 0 aromatic heterocycles. The maximum atomic E-state index is 13.3. The van der Waals surface area contributed by atoms with Crippen LogP contribution in [-0.4, -0.2) is 36.1 Å². The summed E-state index contributed by atoms with van der Waals surface area (Å²) in [6.07, 6.45) is 0.196. The van der Waals surface area contributed by atoms with Gasteiger partial charge in [-0.05, 0) is 24.1 Å². The number of nitro benzene ring substituents is 1. The molecule has 0 spiro atoms. The Morgan fingerprint density at radius 1 is 1.32 bits per heavy atom. The number of ether oxygens (including phenoxy) is 1. The average Bonchev–Trinajstić information content (AvgIpc) is 3.09. The first-order valence-corrected chi connectivity index (χ1v) is 10.0. The third-order valence-electron chi connectivity index (χ3n) is 4.59. The lowest BCUT2D eigenvalue weighted by Gasteiger charge is -2.19. The van der Waals surface area contributed by atoms with Gasteiger partial charge in [0.05, 0.1) is 23.0 Å². The molecule has 0 aliphatic carbocycles. The number of nitriles is 1. The summed E-state index contributed by atoms with van der Waals surface area (Å²) in [5, 5.41) is 22.6. The SMILES string of the molecule is CNC(=O)/C(C#N)=C1\S[C@@H](Cc2cccc([N+](=O)[O-])c2)C(=O)N1c1cccc(OC)c1. The van der Waals surface area contributed by atoms with Crippen LogP contribution in [0.1, 0.15) is 5.56 Å². The minimum Gasteiger partial charge on any atom is -0.497 e. The molecule has 0 unspecified atom stereocenters. The molecule has 1 heterocycles. The molecule has 1 aliphatic heterocycles. The zero-order chi connectivity index (χ0) is 22.5. The standard InChI is InChI=1S/C21H18N4O5S/c1-23-19(26)17(12-22)21-24(14-6-4-8-16(11-14)30-2)20(27)18(31-21)10-13-5-3-7-15(9-13)25(28)29/h3-9,11,18H,10H2,1-2H3,(H,23,26)/b21-17-/t18-/m0/s1. The van der Waals surface area contributed by atoms with Crippen molar-refractivity contribution in [3.63, 3.8) is 0 Å². The van der Waals surface area contributed by atoms with Crippen molar-refractivity contribution < 1.29 is 19.2 Å². The highest BCUT2D eigenvalue weighted by atomic mass is 32.2. The predicted octanol–water partition coefficient (Wildman–Crippen LogP) is 2.78. The molecule has 1 saturated heterocycles. The highest BCUT2D eigenvalue weighted by molar-refractivity contribution is 8.05. The van der Waals surface area contributed by atoms with Gasteiger partial charge in [-0.25, -0.2) is 0 Å². The fraction of sp³-hybridized carbons (Fsp3) is 0.190. The monoisotopic (exact) mass is 438 g/mol. The van der Waals surface area contributed by atoms with Gasteiger partial charge < -0.3 is 10.1 Å². The first kappa shape index (κ1) is 21.9. The van der Waals surface area contributed by atoms with E-state index in [2.05, 4.69) is 5.32 Å². The van der Waals surface area contributed by atoms with E-state index in [1.165, 1.54) is 31.2 Å². The number of carbonyl (C=O) groups is 2. The van der Waals surface area contributed by atoms with Crippen LogP contribution in [-0.2, 0) is 16.0 Å². The molecule has 2 aromatic carbocycles. The number of nitrogens with zero attached hydrogens (tertiary/aromatic N) is 3. The number of rotatable bonds is 6. The van der Waals surface area contributed by atoms with E-state index in [1.54, 1.807) is 36.4 Å². The van der Waals surface area contributed by atoms with Gasteiger partial charge in [0.25, 0.3) is 11.6 Å². The second-order valence-corrected chi connectivity index (χ2v) is 7.68. The third kappa shape index (κ3) is 4.51. The van der Waals surface area contributed by atoms with Gasteiger partial charge in [-0.15, -0.1) is 0 Å². The topological polar surface area (TPSA) is 126 Å². The van der Waals surface area contributed by atoms with Crippen molar-refractivity contribution in [1.82, 2.24) is 5.32 Å². The van der Waals surface area contributed by atoms with Crippen molar-refractivity contribution in [2.45, 2.75) is 11.7 Å². The van der Waals surface area contributed by atoms with E-state index in [4.69, 9.17) is 4.74 Å². The molecule has 158 valence electrons. The molecule has 2 amide bonds. The third-order valence-corrected chi connectivity index (χ3v) is 5.85. The van der Waals surface area contributed by atoms with Gasteiger partial charge in [-0.2, -0.15) is 5.26 Å². The van der Waals surface area contributed by atoms with Gasteiger partial charge >= 0.3 is 0 Å². The van der Waals surface area contributed by atoms with Crippen LogP contribution in [0.25, 0.3) is 0 Å². The number of benzene rings is 2. The number of hydrogen-bond donors (Lipinski definition) is 1. The Morgan fingerprint density at radius 2 is 2.06 bits per heavy atom. The molecule has 10 heteroatoms. The number of non-ortho nitro benzene ring substituents is 1. The molecule has 1 fully saturated rings. The van der Waals surface area contributed by atoms with Crippen LogP contribution in [0.3, 0.4) is 0 Å². The van der Waals surface area contributed by atoms with Crippen molar-refractivity contribution in [2.24, 2.45) is 0 Å². The first-order valence-electron chi connectivity index (χ1n) is 9.14. The number of thioether (sulfide) groups is 1. The summed E-state index contributed by atoms with van der Waals surface area (Å²) in [5.41, 5.74) is 0.789. The highest BCUT2D eigenvalue weighted by Crippen LogP contribution is 2.42. The lowest BCUT2D eigenvalue weighted by Crippen LogP contribution is -2.31. The number of nitrogens with one attached hydrogen (secondary N) is 1. The summed E-state index contributed by atoms with van der Waals surface area (Å²) in [6.45, 7) is 0. The van der Waals surface area contributed by atoms with Crippen molar-refractivity contribution in [1.29, 1.82) is 5.26 Å². The maximum Gasteiger partial charge on any atom is 0.269 e. The number of hydrogen-bond acceptors (Lipinski definition) is 7. The molecule has 3 rings (SSSR count). The molecule has 0 saturated carbocycles. The van der Waals surface area contributed by atoms with Crippen LogP contribution in [0, 0.1) is 21.4 Å². The minimum atomic E-state index is -0.670. The van der Waals surface area contributed by atoms with Gasteiger partial charge in [-0.1, -0.05) is 30.0 Å². The van der Waals surface area contributed by atoms with Crippen LogP contribution < -0.4 is 15.0 Å². The van der Waals surface area contributed by atoms with Crippen LogP contribution in [0.15, 0.2) is 59.1 Å². The Morgan fingerprint density at radius 3 is 2.71 bits per heavy atom. The fourth-order valence-corrected chi connectivity index (χ4v) is 4.42. The summed E-state index contributed by atoms with van der Waals surface area (Å²) in [6, 6.07) is 14.6. The maximum absolute atomic E-state index is 13.3. The van der Waals surface area contributed by atoms with Crippen LogP contribution in [0.4, 0.5) is 11.4 Å². The van der Waals surface area contributed by atoms with E-state index in [9.17, 15) is 25.0 Å². The largest absolute Gasteiger partial charge is 0.497 e. The highest BCUT2D eigenvalue weighted by Gasteiger charge is 2.41. The Bertz CT molecular complexity index is 1120. The van der Waals surface area contributed by atoms with E-state index < -0.39 is 16.1 Å². The van der Waals surface area contributed by atoms with Gasteiger partial charge in [0.15, 0.2) is 0 Å². The van der Waals surface area contributed by atoms with Gasteiger partial charge in [0, 0.05) is 25.2 Å². The molecule has 1 aliphatic rings. The van der Waals surface area contributed by atoms with Gasteiger partial charge in [-0.3, -0.25) is 24.6 Å². The van der Waals surface area contributed by atoms with E-state index in [0.29, 0.717) is 17.0 Å². The number of carbonyl (C=O) groups excluding carboxylic acids is 2. The van der Waals surface area contributed by atoms with Crippen molar-refractivity contribution >= 4 is 35.0 Å². The van der Waals surface area contributed by atoms with E-state index >= 15 is 0 Å². The molecule has 2 aromatic rings. The smallest absolute Gasteiger partial charge is 0.269 e. The summed E-state index contributed by atoms with van der Waals surface area (Å²) in [5.74, 6) is -0.437. The van der Waals surface area contributed by atoms with Gasteiger partial charge in [0.1, 0.15) is 22.4 Å². The lowest BCUT2D eigenvalue weighted by atomic mass is 10.1. The summed E-state index contributed by atoms with van der Waals surface area (Å²) >= 11 is 1.08. The summed E-state index contributed by atoms with van der Waals surface area (Å²) < 4.78 is 5.23. The number of likely N-dealkylation sites (N-methyl/N-ethyl adjacent to an activating group) is 1. The number of amides is 2. The molecule has 1 atom stereocenters. The fourth-order valence-electron chi connectivity index (χ4n) is 3.11. The van der Waals surface area contributed by atoms with E-state index in [0.717, 1.165) is 11.8 Å². The Hall–Kier alpha value is -3.84. The van der Waals surface area contributed by atoms with Crippen molar-refractivity contribution in [3.8, 4) is 11.8 Å². The minimum absolute atomic E-state index is 0.0727. The Balaban J connectivity index is 2.05. The number of methoxy groups -OCH3 is 1. The second kappa shape index (κ2) is 9.32. The van der Waals surface area contributed by atoms with Crippen LogP contribution in [0.2, 0.25) is 0 Å². The molecule has 1 N–H and O–H groups in total. The average molecular weight is 438 g/mol. The zero-order valence-corrected chi connectivity index (χ0v) is 17.5. The number of nitro groups is 1. The van der Waals surface area contributed by atoms with Crippen LogP contribution in [0.5, 0.6) is 5.75 Å². The van der Waals surface area contributed by atoms with Crippen LogP contribution >= 0.6 is 11.8 Å². The van der Waals surface area contributed by atoms with E-state index in [-0.39, 0.29) is 28.6 Å². The van der Waals surface area contributed by atoms with Gasteiger partial charge in [0.2, 0.25) is 5.91 Å². The second-order valence-electron chi connectivity index (χ2n) is 6.48. The molecule has 31 heavy (non-hydrogen) atoms. The molecular weight excluding hydrogens is 420 g/mol. The molecule has 0 bridgehead atoms. The summed E-state index contributed by atoms with van der Waals surface area (Å²) in [7, 11) is 2.89. The zero-order valence-electron chi connectivity index (χ0n) is 16.7. The predicted molar refractivity (Wildman–Crippen MR) is 115 cm³/mol. The quantitative estimate of drug-likeness (QED) is 0.318. The molecule has 9 nitrogen and oxygen atoms in total. The lowest BCUT2D eigenvalue weighted by molar-refractivity contribution is -0.384. The normalized spacial score (nSPS) is 17.1. The summed E-state index contributed by atoms with van der Waals surface area (Å²) in [4.78, 5) is 37.5. The molecular formula is C21H18N4O5S. The number of anilines is 1. The van der Waals surface area contributed by atoms with E-state index in [1.807, 2.05) is 6.07 Å².